The number of hydrogen-bond acceptors (Lipinski definition) is 9. The van der Waals surface area contributed by atoms with Crippen molar-refractivity contribution in [2.75, 3.05) is 32.4 Å². The SMILES string of the molecule is CCOP1(=O)CCN(Cc2ccc(=O)[nH]c2)CC1(CCCCN(C(=O)OC(C)(C)C)C(=O)OC(C)(C)C)C(=O)O. The zero-order valence-corrected chi connectivity index (χ0v) is 25.5. The monoisotopic (exact) mass is 585 g/mol. The second kappa shape index (κ2) is 13.3. The summed E-state index contributed by atoms with van der Waals surface area (Å²) in [5.41, 5.74) is -1.13. The van der Waals surface area contributed by atoms with Gasteiger partial charge >= 0.3 is 18.2 Å². The van der Waals surface area contributed by atoms with Crippen LogP contribution in [0.1, 0.15) is 73.3 Å². The molecule has 1 fully saturated rings. The predicted octanol–water partition coefficient (Wildman–Crippen LogP) is 4.67. The van der Waals surface area contributed by atoms with E-state index in [4.69, 9.17) is 14.0 Å². The van der Waals surface area contributed by atoms with Crippen LogP contribution in [0.15, 0.2) is 23.1 Å². The number of carboxylic acids is 1. The zero-order valence-electron chi connectivity index (χ0n) is 24.7. The number of hydrogen-bond donors (Lipinski definition) is 2. The summed E-state index contributed by atoms with van der Waals surface area (Å²) >= 11 is 0. The molecule has 226 valence electrons. The molecule has 0 radical (unpaired) electrons. The molecule has 12 nitrogen and oxygen atoms in total. The fraction of sp³-hybridized carbons (Fsp3) is 0.704. The fourth-order valence-electron chi connectivity index (χ4n) is 4.52. The lowest BCUT2D eigenvalue weighted by atomic mass is 9.99. The number of ether oxygens (including phenoxy) is 2. The highest BCUT2D eigenvalue weighted by molar-refractivity contribution is 7.62. The number of nitrogens with one attached hydrogen (secondary N) is 1. The first-order chi connectivity index (χ1) is 18.4. The average Bonchev–Trinajstić information content (AvgIpc) is 2.80. The van der Waals surface area contributed by atoms with Crippen LogP contribution in [0.3, 0.4) is 0 Å². The van der Waals surface area contributed by atoms with Crippen LogP contribution in [0.25, 0.3) is 0 Å². The molecule has 2 heterocycles. The first kappa shape index (κ1) is 33.5. The minimum absolute atomic E-state index is 0.0121. The van der Waals surface area contributed by atoms with Crippen LogP contribution in [0.4, 0.5) is 9.59 Å². The maximum atomic E-state index is 14.0. The summed E-state index contributed by atoms with van der Waals surface area (Å²) in [5.74, 6) is -1.22. The molecule has 2 atom stereocenters. The smallest absolute Gasteiger partial charge is 0.419 e. The van der Waals surface area contributed by atoms with Crippen LogP contribution < -0.4 is 5.56 Å². The molecule has 40 heavy (non-hydrogen) atoms. The largest absolute Gasteiger partial charge is 0.480 e. The fourth-order valence-corrected chi connectivity index (χ4v) is 7.50. The van der Waals surface area contributed by atoms with Crippen LogP contribution in [0.5, 0.6) is 0 Å². The number of carboxylic acid groups (broad SMARTS) is 1. The Kier molecular flexibility index (Phi) is 11.2. The number of carbonyl (C=O) groups is 3. The molecule has 1 saturated heterocycles. The number of pyridine rings is 1. The Bertz CT molecular complexity index is 1110. The van der Waals surface area contributed by atoms with Crippen LogP contribution in [-0.4, -0.2) is 86.8 Å². The van der Waals surface area contributed by atoms with Gasteiger partial charge in [-0.15, -0.1) is 0 Å². The van der Waals surface area contributed by atoms with Crippen LogP contribution in [0, 0.1) is 0 Å². The van der Waals surface area contributed by atoms with Crippen LogP contribution >= 0.6 is 7.37 Å². The minimum atomic E-state index is -3.61. The molecular formula is C27H44N3O9P. The summed E-state index contributed by atoms with van der Waals surface area (Å²) in [4.78, 5) is 55.2. The van der Waals surface area contributed by atoms with Crippen molar-refractivity contribution in [2.24, 2.45) is 0 Å². The molecule has 0 saturated carbocycles. The van der Waals surface area contributed by atoms with E-state index in [1.807, 2.05) is 4.90 Å². The second-order valence-corrected chi connectivity index (χ2v) is 14.9. The topological polar surface area (TPSA) is 156 Å². The number of rotatable bonds is 10. The van der Waals surface area contributed by atoms with Crippen molar-refractivity contribution >= 4 is 25.5 Å². The number of carbonyl (C=O) groups excluding carboxylic acids is 2. The van der Waals surface area contributed by atoms with E-state index in [1.54, 1.807) is 60.7 Å². The number of H-pyrrole nitrogens is 1. The van der Waals surface area contributed by atoms with Gasteiger partial charge in [0.1, 0.15) is 11.2 Å². The second-order valence-electron chi connectivity index (χ2n) is 12.0. The van der Waals surface area contributed by atoms with E-state index < -0.39 is 41.9 Å². The van der Waals surface area contributed by atoms with Crippen LogP contribution in [-0.2, 0) is 29.9 Å². The maximum Gasteiger partial charge on any atom is 0.419 e. The Morgan fingerprint density at radius 3 is 2.15 bits per heavy atom. The third-order valence-electron chi connectivity index (χ3n) is 6.29. The molecule has 13 heteroatoms. The first-order valence-electron chi connectivity index (χ1n) is 13.5. The van der Waals surface area contributed by atoms with Gasteiger partial charge in [-0.2, -0.15) is 0 Å². The van der Waals surface area contributed by atoms with Gasteiger partial charge in [-0.05, 0) is 73.3 Å². The van der Waals surface area contributed by atoms with Gasteiger partial charge in [0.05, 0.1) is 6.61 Å². The molecule has 1 aromatic heterocycles. The Morgan fingerprint density at radius 2 is 1.68 bits per heavy atom. The predicted molar refractivity (Wildman–Crippen MR) is 150 cm³/mol. The maximum absolute atomic E-state index is 14.0. The number of nitrogens with zero attached hydrogens (tertiary/aromatic N) is 2. The number of aromatic nitrogens is 1. The molecule has 1 aliphatic rings. The molecule has 2 N–H and O–H groups in total. The van der Waals surface area contributed by atoms with Gasteiger partial charge < -0.3 is 24.1 Å². The molecule has 2 unspecified atom stereocenters. The van der Waals surface area contributed by atoms with E-state index >= 15 is 0 Å². The Labute approximate surface area is 235 Å². The normalized spacial score (nSPS) is 22.0. The molecule has 0 spiro atoms. The summed E-state index contributed by atoms with van der Waals surface area (Å²) < 4.78 is 30.4. The number of unbranched alkanes of at least 4 members (excludes halogenated alkanes) is 1. The molecule has 0 bridgehead atoms. The van der Waals surface area contributed by atoms with Crippen molar-refractivity contribution in [1.82, 2.24) is 14.8 Å². The first-order valence-corrected chi connectivity index (χ1v) is 15.3. The highest BCUT2D eigenvalue weighted by atomic mass is 31.2. The van der Waals surface area contributed by atoms with Crippen molar-refractivity contribution in [3.05, 3.63) is 34.2 Å². The molecule has 2 rings (SSSR count). The molecular weight excluding hydrogens is 541 g/mol. The van der Waals surface area contributed by atoms with E-state index in [2.05, 4.69) is 4.98 Å². The number of aromatic amines is 1. The van der Waals surface area contributed by atoms with Crippen molar-refractivity contribution in [1.29, 1.82) is 0 Å². The van der Waals surface area contributed by atoms with Crippen LogP contribution in [0.2, 0.25) is 0 Å². The van der Waals surface area contributed by atoms with Gasteiger partial charge in [0.15, 0.2) is 5.16 Å². The van der Waals surface area contributed by atoms with E-state index in [-0.39, 0.29) is 50.7 Å². The highest BCUT2D eigenvalue weighted by Gasteiger charge is 2.58. The number of imide groups is 1. The third-order valence-corrected chi connectivity index (χ3v) is 9.61. The standard InChI is InChI=1S/C27H44N3O9P/c1-8-37-40(36)16-15-29(18-20-11-12-21(31)28-17-20)19-27(40,22(32)33)13-9-10-14-30(23(34)38-25(2,3)4)24(35)39-26(5,6)7/h11-12,17H,8-10,13-16,18-19H2,1-7H3,(H,28,31)(H,32,33). The molecule has 0 aromatic carbocycles. The Hall–Kier alpha value is -2.69. The minimum Gasteiger partial charge on any atom is -0.480 e. The lowest BCUT2D eigenvalue weighted by Gasteiger charge is -2.45. The van der Waals surface area contributed by atoms with Gasteiger partial charge in [-0.25, -0.2) is 14.5 Å². The van der Waals surface area contributed by atoms with E-state index in [0.717, 1.165) is 10.5 Å². The number of amides is 2. The highest BCUT2D eigenvalue weighted by Crippen LogP contribution is 2.63. The third kappa shape index (κ3) is 9.17. The summed E-state index contributed by atoms with van der Waals surface area (Å²) in [5, 5.41) is 8.75. The molecule has 1 aliphatic heterocycles. The zero-order chi connectivity index (χ0) is 30.4. The van der Waals surface area contributed by atoms with Crippen molar-refractivity contribution in [3.8, 4) is 0 Å². The van der Waals surface area contributed by atoms with Crippen molar-refractivity contribution in [2.45, 2.75) is 90.6 Å². The van der Waals surface area contributed by atoms with Crippen molar-refractivity contribution < 1.29 is 38.1 Å². The lowest BCUT2D eigenvalue weighted by molar-refractivity contribution is -0.141. The van der Waals surface area contributed by atoms with E-state index in [9.17, 15) is 28.8 Å². The van der Waals surface area contributed by atoms with Gasteiger partial charge in [-0.1, -0.05) is 6.07 Å². The van der Waals surface area contributed by atoms with Gasteiger partial charge in [0, 0.05) is 44.6 Å². The van der Waals surface area contributed by atoms with Crippen molar-refractivity contribution in [3.63, 3.8) is 0 Å². The molecule has 2 amide bonds. The summed E-state index contributed by atoms with van der Waals surface area (Å²) in [6, 6.07) is 3.07. The average molecular weight is 586 g/mol. The van der Waals surface area contributed by atoms with Gasteiger partial charge in [0.25, 0.3) is 0 Å². The summed E-state index contributed by atoms with van der Waals surface area (Å²) in [6.45, 7) is 12.5. The summed E-state index contributed by atoms with van der Waals surface area (Å²) in [7, 11) is -3.61. The Morgan fingerprint density at radius 1 is 1.07 bits per heavy atom. The quantitative estimate of drug-likeness (QED) is 0.292. The van der Waals surface area contributed by atoms with E-state index in [1.165, 1.54) is 6.07 Å². The lowest BCUT2D eigenvalue weighted by Crippen LogP contribution is -2.54. The van der Waals surface area contributed by atoms with Gasteiger partial charge in [0.2, 0.25) is 12.9 Å². The molecule has 1 aromatic rings. The van der Waals surface area contributed by atoms with E-state index in [0.29, 0.717) is 13.1 Å². The molecule has 0 aliphatic carbocycles. The Balaban J connectivity index is 2.22. The van der Waals surface area contributed by atoms with Gasteiger partial charge in [-0.3, -0.25) is 19.1 Å². The number of aliphatic carboxylic acids is 1. The summed E-state index contributed by atoms with van der Waals surface area (Å²) in [6.07, 6.45) is 0.413.